The molecule has 0 saturated carbocycles. The van der Waals surface area contributed by atoms with Crippen LogP contribution in [0.3, 0.4) is 0 Å². The number of hydrogen-bond acceptors (Lipinski definition) is 1. The van der Waals surface area contributed by atoms with Crippen molar-refractivity contribution in [1.29, 1.82) is 0 Å². The van der Waals surface area contributed by atoms with Gasteiger partial charge in [-0.1, -0.05) is 47.0 Å². The lowest BCUT2D eigenvalue weighted by Crippen LogP contribution is -2.13. The van der Waals surface area contributed by atoms with Crippen LogP contribution >= 0.6 is 11.6 Å². The van der Waals surface area contributed by atoms with Crippen molar-refractivity contribution < 1.29 is 0 Å². The van der Waals surface area contributed by atoms with E-state index in [1.807, 2.05) is 19.1 Å². The molecule has 0 aliphatic carbocycles. The molecule has 0 amide bonds. The van der Waals surface area contributed by atoms with E-state index in [1.54, 1.807) is 0 Å². The summed E-state index contributed by atoms with van der Waals surface area (Å²) in [6.45, 7) is 6.27. The fraction of sp³-hybridized carbons (Fsp3) is 0.294. The van der Waals surface area contributed by atoms with Crippen LogP contribution in [0.25, 0.3) is 0 Å². The van der Waals surface area contributed by atoms with Crippen molar-refractivity contribution in [3.63, 3.8) is 0 Å². The summed E-state index contributed by atoms with van der Waals surface area (Å²) in [5.41, 5.74) is 12.4. The summed E-state index contributed by atoms with van der Waals surface area (Å²) >= 11 is 6.09. The summed E-state index contributed by atoms with van der Waals surface area (Å²) in [7, 11) is 0. The molecule has 2 N–H and O–H groups in total. The fourth-order valence-corrected chi connectivity index (χ4v) is 2.84. The summed E-state index contributed by atoms with van der Waals surface area (Å²) in [5.74, 6) is 0. The second-order valence-corrected chi connectivity index (χ2v) is 5.80. The van der Waals surface area contributed by atoms with Gasteiger partial charge in [-0.2, -0.15) is 0 Å². The molecule has 0 spiro atoms. The minimum absolute atomic E-state index is 0.0152. The Morgan fingerprint density at radius 3 is 2.05 bits per heavy atom. The Hall–Kier alpha value is -1.31. The highest BCUT2D eigenvalue weighted by molar-refractivity contribution is 6.30. The standard InChI is InChI=1S/C17H20ClN/c1-11-4-12(2)6-14(5-11)9-17(19)15-7-13(3)8-16(18)10-15/h4-8,10,17H,9,19H2,1-3H3. The predicted octanol–water partition coefficient (Wildman–Crippen LogP) is 4.51. The molecule has 0 aromatic heterocycles. The minimum Gasteiger partial charge on any atom is -0.324 e. The number of aryl methyl sites for hydroxylation is 3. The van der Waals surface area contributed by atoms with Gasteiger partial charge in [-0.05, 0) is 56.0 Å². The first-order valence-corrected chi connectivity index (χ1v) is 6.91. The summed E-state index contributed by atoms with van der Waals surface area (Å²) < 4.78 is 0. The van der Waals surface area contributed by atoms with Crippen LogP contribution in [-0.4, -0.2) is 0 Å². The van der Waals surface area contributed by atoms with Crippen molar-refractivity contribution in [2.75, 3.05) is 0 Å². The van der Waals surface area contributed by atoms with Gasteiger partial charge in [0, 0.05) is 11.1 Å². The molecule has 0 aliphatic rings. The maximum atomic E-state index is 6.31. The maximum absolute atomic E-state index is 6.31. The van der Waals surface area contributed by atoms with Gasteiger partial charge in [0.1, 0.15) is 0 Å². The molecule has 100 valence electrons. The van der Waals surface area contributed by atoms with E-state index in [1.165, 1.54) is 16.7 Å². The van der Waals surface area contributed by atoms with Crippen molar-refractivity contribution in [3.05, 3.63) is 69.2 Å². The fourth-order valence-electron chi connectivity index (χ4n) is 2.54. The number of benzene rings is 2. The first-order chi connectivity index (χ1) is 8.94. The van der Waals surface area contributed by atoms with Crippen LogP contribution in [0.15, 0.2) is 36.4 Å². The van der Waals surface area contributed by atoms with Gasteiger partial charge in [-0.25, -0.2) is 0 Å². The number of hydrogen-bond donors (Lipinski definition) is 1. The van der Waals surface area contributed by atoms with Gasteiger partial charge in [0.15, 0.2) is 0 Å². The van der Waals surface area contributed by atoms with Crippen molar-refractivity contribution in [1.82, 2.24) is 0 Å². The molecule has 0 fully saturated rings. The molecule has 0 saturated heterocycles. The third kappa shape index (κ3) is 3.82. The quantitative estimate of drug-likeness (QED) is 0.875. The SMILES string of the molecule is Cc1cc(C)cc(CC(N)c2cc(C)cc(Cl)c2)c1. The largest absolute Gasteiger partial charge is 0.324 e. The molecule has 1 unspecified atom stereocenters. The van der Waals surface area contributed by atoms with Gasteiger partial charge in [0.2, 0.25) is 0 Å². The Kier molecular flexibility index (Phi) is 4.28. The van der Waals surface area contributed by atoms with Gasteiger partial charge in [0.05, 0.1) is 0 Å². The number of halogens is 1. The molecular formula is C17H20ClN. The topological polar surface area (TPSA) is 26.0 Å². The normalized spacial score (nSPS) is 12.5. The predicted molar refractivity (Wildman–Crippen MR) is 82.7 cm³/mol. The Morgan fingerprint density at radius 1 is 0.895 bits per heavy atom. The second kappa shape index (κ2) is 5.77. The van der Waals surface area contributed by atoms with E-state index in [2.05, 4.69) is 38.1 Å². The average molecular weight is 274 g/mol. The Balaban J connectivity index is 2.22. The zero-order valence-electron chi connectivity index (χ0n) is 11.7. The third-order valence-corrected chi connectivity index (χ3v) is 3.45. The Morgan fingerprint density at radius 2 is 1.47 bits per heavy atom. The van der Waals surface area contributed by atoms with E-state index in [9.17, 15) is 0 Å². The molecule has 0 heterocycles. The lowest BCUT2D eigenvalue weighted by Gasteiger charge is -2.14. The first-order valence-electron chi connectivity index (χ1n) is 6.54. The highest BCUT2D eigenvalue weighted by atomic mass is 35.5. The van der Waals surface area contributed by atoms with E-state index < -0.39 is 0 Å². The zero-order valence-corrected chi connectivity index (χ0v) is 12.5. The Bertz CT molecular complexity index is 549. The molecule has 0 bridgehead atoms. The van der Waals surface area contributed by atoms with Gasteiger partial charge in [-0.3, -0.25) is 0 Å². The molecule has 1 nitrogen and oxygen atoms in total. The highest BCUT2D eigenvalue weighted by Crippen LogP contribution is 2.22. The highest BCUT2D eigenvalue weighted by Gasteiger charge is 2.09. The average Bonchev–Trinajstić information content (AvgIpc) is 2.25. The van der Waals surface area contributed by atoms with Gasteiger partial charge >= 0.3 is 0 Å². The van der Waals surface area contributed by atoms with Gasteiger partial charge in [0.25, 0.3) is 0 Å². The lowest BCUT2D eigenvalue weighted by molar-refractivity contribution is 0.720. The number of nitrogens with two attached hydrogens (primary N) is 1. The van der Waals surface area contributed by atoms with Crippen LogP contribution in [0, 0.1) is 20.8 Å². The summed E-state index contributed by atoms with van der Waals surface area (Å²) in [6, 6.07) is 12.6. The van der Waals surface area contributed by atoms with Crippen molar-refractivity contribution in [2.45, 2.75) is 33.2 Å². The van der Waals surface area contributed by atoms with Gasteiger partial charge in [-0.15, -0.1) is 0 Å². The van der Waals surface area contributed by atoms with Crippen LogP contribution in [-0.2, 0) is 6.42 Å². The molecular weight excluding hydrogens is 254 g/mol. The monoisotopic (exact) mass is 273 g/mol. The van der Waals surface area contributed by atoms with E-state index in [0.29, 0.717) is 0 Å². The first kappa shape index (κ1) is 14.1. The van der Waals surface area contributed by atoms with E-state index >= 15 is 0 Å². The smallest absolute Gasteiger partial charge is 0.0411 e. The summed E-state index contributed by atoms with van der Waals surface area (Å²) in [5, 5.41) is 0.755. The van der Waals surface area contributed by atoms with Crippen LogP contribution in [0.1, 0.15) is 33.9 Å². The van der Waals surface area contributed by atoms with Crippen LogP contribution in [0.5, 0.6) is 0 Å². The van der Waals surface area contributed by atoms with Crippen molar-refractivity contribution in [3.8, 4) is 0 Å². The molecule has 2 heteroatoms. The number of rotatable bonds is 3. The lowest BCUT2D eigenvalue weighted by atomic mass is 9.96. The summed E-state index contributed by atoms with van der Waals surface area (Å²) in [6.07, 6.45) is 0.836. The van der Waals surface area contributed by atoms with E-state index in [0.717, 1.165) is 22.6 Å². The molecule has 0 radical (unpaired) electrons. The van der Waals surface area contributed by atoms with Crippen molar-refractivity contribution in [2.24, 2.45) is 5.73 Å². The Labute approximate surface area is 120 Å². The van der Waals surface area contributed by atoms with E-state index in [4.69, 9.17) is 17.3 Å². The minimum atomic E-state index is -0.0152. The van der Waals surface area contributed by atoms with Crippen LogP contribution in [0.4, 0.5) is 0 Å². The van der Waals surface area contributed by atoms with Gasteiger partial charge < -0.3 is 5.73 Å². The van der Waals surface area contributed by atoms with Crippen LogP contribution in [0.2, 0.25) is 5.02 Å². The molecule has 19 heavy (non-hydrogen) atoms. The van der Waals surface area contributed by atoms with Crippen molar-refractivity contribution >= 4 is 11.6 Å². The van der Waals surface area contributed by atoms with E-state index in [-0.39, 0.29) is 6.04 Å². The van der Waals surface area contributed by atoms with Crippen LogP contribution < -0.4 is 5.73 Å². The molecule has 2 aromatic carbocycles. The molecule has 1 atom stereocenters. The molecule has 2 rings (SSSR count). The zero-order chi connectivity index (χ0) is 14.0. The molecule has 0 aliphatic heterocycles. The second-order valence-electron chi connectivity index (χ2n) is 5.37. The summed E-state index contributed by atoms with van der Waals surface area (Å²) in [4.78, 5) is 0. The molecule has 2 aromatic rings. The maximum Gasteiger partial charge on any atom is 0.0411 e. The third-order valence-electron chi connectivity index (χ3n) is 3.23.